The first-order valence-corrected chi connectivity index (χ1v) is 14.1. The van der Waals surface area contributed by atoms with Crippen LogP contribution in [0.4, 0.5) is 17.2 Å². The van der Waals surface area contributed by atoms with Gasteiger partial charge in [-0.15, -0.1) is 0 Å². The molecule has 0 aliphatic rings. The summed E-state index contributed by atoms with van der Waals surface area (Å²) in [5, 5.41) is 4.59. The number of rotatable bonds is 4. The number of nitrogens with zero attached hydrogens (tertiary/aromatic N) is 4. The van der Waals surface area contributed by atoms with E-state index < -0.39 is 11.3 Å². The Labute approximate surface area is 260 Å². The Morgan fingerprint density at radius 1 is 0.698 bits per heavy atom. The van der Waals surface area contributed by atoms with Gasteiger partial charge in [0.25, 0.3) is 0 Å². The Kier molecular flexibility index (Phi) is 10.7. The molecule has 6 aromatic rings. The lowest BCUT2D eigenvalue weighted by Crippen LogP contribution is -2.05. The molecule has 4 aromatic heterocycles. The summed E-state index contributed by atoms with van der Waals surface area (Å²) in [6.45, 7) is 3.86. The van der Waals surface area contributed by atoms with Gasteiger partial charge in [-0.3, -0.25) is 0 Å². The second-order valence-corrected chi connectivity index (χ2v) is 9.81. The van der Waals surface area contributed by atoms with Crippen LogP contribution in [0.3, 0.4) is 0 Å². The number of aromatic nitrogens is 4. The van der Waals surface area contributed by atoms with Crippen LogP contribution < -0.4 is 22.3 Å². The Morgan fingerprint density at radius 3 is 1.70 bits per heavy atom. The second-order valence-electron chi connectivity index (χ2n) is 8.78. The van der Waals surface area contributed by atoms with Gasteiger partial charge in [0.1, 0.15) is 11.0 Å². The topological polar surface area (TPSA) is 150 Å². The Balaban J connectivity index is 0.000000167. The Bertz CT molecular complexity index is 1970. The van der Waals surface area contributed by atoms with Gasteiger partial charge in [-0.25, -0.2) is 14.6 Å². The highest BCUT2D eigenvalue weighted by molar-refractivity contribution is 6.35. The van der Waals surface area contributed by atoms with Gasteiger partial charge < -0.3 is 19.9 Å². The van der Waals surface area contributed by atoms with Gasteiger partial charge in [-0.05, 0) is 71.4 Å². The van der Waals surface area contributed by atoms with Gasteiger partial charge in [-0.1, -0.05) is 61.8 Å². The molecule has 10 nitrogen and oxygen atoms in total. The maximum atomic E-state index is 11.6. The number of halogens is 3. The largest absolute Gasteiger partial charge is 0.403 e. The number of para-hydroxylation sites is 2. The molecule has 0 unspecified atom stereocenters. The minimum absolute atomic E-state index is 0.0253. The molecule has 13 heteroatoms. The summed E-state index contributed by atoms with van der Waals surface area (Å²) in [6.07, 6.45) is 1.31. The first-order valence-electron chi connectivity index (χ1n) is 13.0. The fraction of sp³-hybridized carbons (Fsp3) is 0.133. The second kappa shape index (κ2) is 14.6. The number of anilines is 3. The quantitative estimate of drug-likeness (QED) is 0.115. The number of hydrogen-bond donors (Lipinski definition) is 2. The molecule has 2 aromatic carbocycles. The van der Waals surface area contributed by atoms with Gasteiger partial charge in [-0.2, -0.15) is 15.0 Å². The van der Waals surface area contributed by atoms with E-state index in [0.717, 1.165) is 22.5 Å². The van der Waals surface area contributed by atoms with Crippen molar-refractivity contribution in [2.45, 2.75) is 26.7 Å². The van der Waals surface area contributed by atoms with E-state index in [-0.39, 0.29) is 27.1 Å². The summed E-state index contributed by atoms with van der Waals surface area (Å²) in [6, 6.07) is 21.9. The normalized spacial score (nSPS) is 10.4. The summed E-state index contributed by atoms with van der Waals surface area (Å²) < 4.78 is 10.0. The number of nitrogen functional groups attached to an aromatic ring is 1. The monoisotopic (exact) mass is 638 g/mol. The zero-order valence-corrected chi connectivity index (χ0v) is 25.2. The van der Waals surface area contributed by atoms with Gasteiger partial charge in [0.2, 0.25) is 22.0 Å². The van der Waals surface area contributed by atoms with Crippen LogP contribution in [-0.4, -0.2) is 19.9 Å². The van der Waals surface area contributed by atoms with Crippen molar-refractivity contribution in [3.63, 3.8) is 0 Å². The predicted octanol–water partition coefficient (Wildman–Crippen LogP) is 7.26. The summed E-state index contributed by atoms with van der Waals surface area (Å²) in [5.74, 6) is 0.525. The number of benzene rings is 2. The summed E-state index contributed by atoms with van der Waals surface area (Å²) >= 11 is 17.4. The van der Waals surface area contributed by atoms with E-state index in [4.69, 9.17) is 49.4 Å². The van der Waals surface area contributed by atoms with Crippen molar-refractivity contribution >= 4 is 74.2 Å². The molecular weight excluding hydrogens is 615 g/mol. The van der Waals surface area contributed by atoms with Gasteiger partial charge in [0.05, 0.1) is 10.8 Å². The van der Waals surface area contributed by atoms with E-state index in [9.17, 15) is 9.59 Å². The highest BCUT2D eigenvalue weighted by atomic mass is 35.5. The molecule has 0 saturated heterocycles. The first kappa shape index (κ1) is 31.4. The summed E-state index contributed by atoms with van der Waals surface area (Å²) in [4.78, 5) is 38.5. The standard InChI is InChI=1S/C15H12ClN3O2.C9H6Cl2N2O2.C6H7N/c1-2-9-8-11(20)21-14-12(9)13(18-15(16)19-14)17-10-6-4-3-5-7-10;1-2-4-3-5(14)15-8-6(4)7(10)12-9(11)13-8;7-6-4-2-1-3-5-6/h3-8H,2H2,1H3,(H,17,18,19);3H,2H2,1H3;1-5H,7H2. The zero-order chi connectivity index (χ0) is 30.9. The van der Waals surface area contributed by atoms with Crippen LogP contribution in [0, 0.1) is 0 Å². The number of nitrogens with two attached hydrogens (primary N) is 1. The molecule has 3 N–H and O–H groups in total. The van der Waals surface area contributed by atoms with Gasteiger partial charge in [0.15, 0.2) is 0 Å². The molecule has 0 radical (unpaired) electrons. The number of hydrogen-bond acceptors (Lipinski definition) is 10. The lowest BCUT2D eigenvalue weighted by atomic mass is 10.1. The molecule has 43 heavy (non-hydrogen) atoms. The molecule has 0 aliphatic carbocycles. The molecule has 6 rings (SSSR count). The van der Waals surface area contributed by atoms with Crippen LogP contribution in [0.5, 0.6) is 0 Å². The highest BCUT2D eigenvalue weighted by Gasteiger charge is 2.14. The smallest absolute Gasteiger partial charge is 0.337 e. The average Bonchev–Trinajstić information content (AvgIpc) is 2.97. The van der Waals surface area contributed by atoms with E-state index in [1.165, 1.54) is 12.1 Å². The van der Waals surface area contributed by atoms with Crippen LogP contribution in [0.1, 0.15) is 25.0 Å². The first-order chi connectivity index (χ1) is 20.7. The Morgan fingerprint density at radius 2 is 1.19 bits per heavy atom. The van der Waals surface area contributed by atoms with E-state index in [1.54, 1.807) is 0 Å². The van der Waals surface area contributed by atoms with E-state index in [2.05, 4.69) is 25.3 Å². The van der Waals surface area contributed by atoms with Crippen molar-refractivity contribution in [1.82, 2.24) is 19.9 Å². The molecule has 220 valence electrons. The van der Waals surface area contributed by atoms with Crippen LogP contribution in [0.15, 0.2) is 91.2 Å². The molecule has 4 heterocycles. The van der Waals surface area contributed by atoms with Crippen LogP contribution in [0.25, 0.3) is 22.2 Å². The SMILES string of the molecule is CCc1cc(=O)oc2nc(Cl)nc(Cl)c12.CCc1cc(=O)oc2nc(Cl)nc(Nc3ccccc3)c12.Nc1ccccc1. The van der Waals surface area contributed by atoms with E-state index in [1.807, 2.05) is 74.5 Å². The minimum Gasteiger partial charge on any atom is -0.403 e. The van der Waals surface area contributed by atoms with Crippen molar-refractivity contribution in [3.8, 4) is 0 Å². The van der Waals surface area contributed by atoms with E-state index in [0.29, 0.717) is 29.4 Å². The van der Waals surface area contributed by atoms with Crippen LogP contribution in [0.2, 0.25) is 15.7 Å². The van der Waals surface area contributed by atoms with Gasteiger partial charge in [0, 0.05) is 23.5 Å². The molecule has 0 aliphatic heterocycles. The average molecular weight is 640 g/mol. The molecule has 0 atom stereocenters. The van der Waals surface area contributed by atoms with Crippen LogP contribution >= 0.6 is 34.8 Å². The number of nitrogens with one attached hydrogen (secondary N) is 1. The summed E-state index contributed by atoms with van der Waals surface area (Å²) in [7, 11) is 0. The fourth-order valence-corrected chi connectivity index (χ4v) is 4.60. The summed E-state index contributed by atoms with van der Waals surface area (Å²) in [5.41, 5.74) is 8.02. The van der Waals surface area contributed by atoms with Crippen molar-refractivity contribution in [3.05, 3.63) is 120 Å². The minimum atomic E-state index is -0.467. The van der Waals surface area contributed by atoms with Crippen molar-refractivity contribution in [2.75, 3.05) is 11.1 Å². The maximum Gasteiger partial charge on any atom is 0.337 e. The fourth-order valence-electron chi connectivity index (χ4n) is 3.95. The van der Waals surface area contributed by atoms with Crippen molar-refractivity contribution in [2.24, 2.45) is 0 Å². The van der Waals surface area contributed by atoms with E-state index >= 15 is 0 Å². The number of fused-ring (bicyclic) bond motifs is 2. The van der Waals surface area contributed by atoms with Gasteiger partial charge >= 0.3 is 11.3 Å². The molecule has 0 amide bonds. The van der Waals surface area contributed by atoms with Crippen LogP contribution in [-0.2, 0) is 12.8 Å². The van der Waals surface area contributed by atoms with Crippen molar-refractivity contribution < 1.29 is 8.83 Å². The molecular formula is C30H25Cl3N6O4. The third-order valence-electron chi connectivity index (χ3n) is 5.87. The lowest BCUT2D eigenvalue weighted by Gasteiger charge is -2.10. The number of aryl methyl sites for hydroxylation is 2. The highest BCUT2D eigenvalue weighted by Crippen LogP contribution is 2.28. The molecule has 0 spiro atoms. The zero-order valence-electron chi connectivity index (χ0n) is 23.0. The maximum absolute atomic E-state index is 11.6. The lowest BCUT2D eigenvalue weighted by molar-refractivity contribution is 0.546. The third-order valence-corrected chi connectivity index (χ3v) is 6.48. The third kappa shape index (κ3) is 8.29. The molecule has 0 saturated carbocycles. The predicted molar refractivity (Wildman–Crippen MR) is 171 cm³/mol. The Hall–Kier alpha value is -4.51. The van der Waals surface area contributed by atoms with Crippen molar-refractivity contribution in [1.29, 1.82) is 0 Å². The molecule has 0 fully saturated rings. The molecule has 0 bridgehead atoms.